The lowest BCUT2D eigenvalue weighted by molar-refractivity contribution is -0.132. The highest BCUT2D eigenvalue weighted by molar-refractivity contribution is 5.87. The van der Waals surface area contributed by atoms with Crippen LogP contribution >= 0.6 is 0 Å². The third-order valence-electron chi connectivity index (χ3n) is 4.31. The first-order valence-electron chi connectivity index (χ1n) is 8.79. The van der Waals surface area contributed by atoms with Crippen LogP contribution in [-0.2, 0) is 9.53 Å². The Labute approximate surface area is 135 Å². The van der Waals surface area contributed by atoms with Crippen molar-refractivity contribution < 1.29 is 14.6 Å². The molecule has 0 aromatic carbocycles. The van der Waals surface area contributed by atoms with E-state index in [1.54, 1.807) is 0 Å². The van der Waals surface area contributed by atoms with E-state index >= 15 is 0 Å². The molecule has 22 heavy (non-hydrogen) atoms. The van der Waals surface area contributed by atoms with Crippen LogP contribution in [0, 0.1) is 0 Å². The maximum absolute atomic E-state index is 10.7. The lowest BCUT2D eigenvalue weighted by Gasteiger charge is -2.02. The van der Waals surface area contributed by atoms with E-state index in [9.17, 15) is 4.79 Å². The molecule has 0 spiro atoms. The zero-order valence-corrected chi connectivity index (χ0v) is 14.3. The Morgan fingerprint density at radius 1 is 1.18 bits per heavy atom. The number of allylic oxidation sites excluding steroid dienone is 2. The molecular formula is C19H32O3. The van der Waals surface area contributed by atoms with E-state index in [-0.39, 0.29) is 17.8 Å². The molecule has 0 aromatic heterocycles. The second-order valence-electron chi connectivity index (χ2n) is 6.42. The zero-order chi connectivity index (χ0) is 16.4. The molecule has 126 valence electrons. The standard InChI is InChI=1S/C19H32O3/c1-4-5-6-7-9-12-15(2)13-10-8-11-14-17-18(22-17)16(3)19(20)21/h13,17-18H,3-12,14H2,1-2H3,(H,20,21). The zero-order valence-electron chi connectivity index (χ0n) is 14.3. The highest BCUT2D eigenvalue weighted by atomic mass is 16.6. The molecule has 1 aliphatic heterocycles. The van der Waals surface area contributed by atoms with E-state index in [0.717, 1.165) is 25.7 Å². The molecular weight excluding hydrogens is 276 g/mol. The van der Waals surface area contributed by atoms with Crippen molar-refractivity contribution in [1.29, 1.82) is 0 Å². The minimum Gasteiger partial charge on any atom is -0.478 e. The van der Waals surface area contributed by atoms with Gasteiger partial charge in [0.15, 0.2) is 0 Å². The van der Waals surface area contributed by atoms with Gasteiger partial charge in [0.2, 0.25) is 0 Å². The van der Waals surface area contributed by atoms with E-state index in [4.69, 9.17) is 9.84 Å². The number of carboxylic acid groups (broad SMARTS) is 1. The minimum atomic E-state index is -0.940. The Bertz CT molecular complexity index is 384. The summed E-state index contributed by atoms with van der Waals surface area (Å²) in [4.78, 5) is 10.7. The number of aliphatic carboxylic acids is 1. The van der Waals surface area contributed by atoms with Crippen molar-refractivity contribution in [1.82, 2.24) is 0 Å². The topological polar surface area (TPSA) is 49.8 Å². The average molecular weight is 308 g/mol. The van der Waals surface area contributed by atoms with Gasteiger partial charge in [0, 0.05) is 0 Å². The van der Waals surface area contributed by atoms with Gasteiger partial charge in [0.25, 0.3) is 0 Å². The number of unbranched alkanes of at least 4 members (excludes halogenated alkanes) is 6. The van der Waals surface area contributed by atoms with Gasteiger partial charge in [-0.1, -0.05) is 57.3 Å². The van der Waals surface area contributed by atoms with Crippen molar-refractivity contribution in [3.05, 3.63) is 23.8 Å². The van der Waals surface area contributed by atoms with E-state index in [1.165, 1.54) is 44.1 Å². The number of carbonyl (C=O) groups is 1. The van der Waals surface area contributed by atoms with Gasteiger partial charge in [0.05, 0.1) is 11.7 Å². The Kier molecular flexibility index (Phi) is 9.14. The molecule has 1 aliphatic rings. The van der Waals surface area contributed by atoms with Gasteiger partial charge in [-0.05, 0) is 39.0 Å². The van der Waals surface area contributed by atoms with Gasteiger partial charge in [-0.25, -0.2) is 4.79 Å². The summed E-state index contributed by atoms with van der Waals surface area (Å²) in [6.07, 6.45) is 14.5. The summed E-state index contributed by atoms with van der Waals surface area (Å²) < 4.78 is 5.36. The molecule has 1 saturated heterocycles. The summed E-state index contributed by atoms with van der Waals surface area (Å²) in [5.74, 6) is -0.940. The lowest BCUT2D eigenvalue weighted by atomic mass is 10.0. The summed E-state index contributed by atoms with van der Waals surface area (Å²) in [7, 11) is 0. The van der Waals surface area contributed by atoms with Gasteiger partial charge in [-0.15, -0.1) is 0 Å². The summed E-state index contributed by atoms with van der Waals surface area (Å²) in [5.41, 5.74) is 1.71. The van der Waals surface area contributed by atoms with E-state index in [2.05, 4.69) is 26.5 Å². The van der Waals surface area contributed by atoms with Crippen molar-refractivity contribution in [2.45, 2.75) is 90.3 Å². The fraction of sp³-hybridized carbons (Fsp3) is 0.737. The van der Waals surface area contributed by atoms with Gasteiger partial charge < -0.3 is 9.84 Å². The second-order valence-corrected chi connectivity index (χ2v) is 6.42. The molecule has 2 atom stereocenters. The largest absolute Gasteiger partial charge is 0.478 e. The molecule has 1 heterocycles. The quantitative estimate of drug-likeness (QED) is 0.218. The summed E-state index contributed by atoms with van der Waals surface area (Å²) >= 11 is 0. The molecule has 0 aromatic rings. The van der Waals surface area contributed by atoms with Crippen LogP contribution in [0.15, 0.2) is 23.8 Å². The molecule has 0 radical (unpaired) electrons. The minimum absolute atomic E-state index is 0.0900. The third-order valence-corrected chi connectivity index (χ3v) is 4.31. The SMILES string of the molecule is C=C(C(=O)O)C1OC1CCCCC=C(C)CCCCCCC. The molecule has 0 amide bonds. The molecule has 0 bridgehead atoms. The van der Waals surface area contributed by atoms with E-state index < -0.39 is 5.97 Å². The molecule has 3 heteroatoms. The van der Waals surface area contributed by atoms with Crippen molar-refractivity contribution in [2.24, 2.45) is 0 Å². The van der Waals surface area contributed by atoms with Crippen LogP contribution in [-0.4, -0.2) is 23.3 Å². The van der Waals surface area contributed by atoms with Crippen LogP contribution in [0.25, 0.3) is 0 Å². The number of hydrogen-bond donors (Lipinski definition) is 1. The summed E-state index contributed by atoms with van der Waals surface area (Å²) in [6.45, 7) is 8.03. The monoisotopic (exact) mass is 308 g/mol. The Morgan fingerprint density at radius 2 is 1.91 bits per heavy atom. The first-order chi connectivity index (χ1) is 10.6. The molecule has 2 unspecified atom stereocenters. The molecule has 1 fully saturated rings. The van der Waals surface area contributed by atoms with Crippen LogP contribution in [0.2, 0.25) is 0 Å². The number of ether oxygens (including phenoxy) is 1. The van der Waals surface area contributed by atoms with Crippen LogP contribution in [0.4, 0.5) is 0 Å². The smallest absolute Gasteiger partial charge is 0.333 e. The predicted octanol–water partition coefficient (Wildman–Crippen LogP) is 5.26. The first kappa shape index (κ1) is 19.0. The van der Waals surface area contributed by atoms with Crippen LogP contribution in [0.5, 0.6) is 0 Å². The fourth-order valence-corrected chi connectivity index (χ4v) is 2.74. The maximum atomic E-state index is 10.7. The summed E-state index contributed by atoms with van der Waals surface area (Å²) in [6, 6.07) is 0. The van der Waals surface area contributed by atoms with Crippen molar-refractivity contribution in [2.75, 3.05) is 0 Å². The van der Waals surface area contributed by atoms with Crippen LogP contribution < -0.4 is 0 Å². The van der Waals surface area contributed by atoms with Crippen molar-refractivity contribution in [3.63, 3.8) is 0 Å². The normalized spacial score (nSPS) is 20.9. The third kappa shape index (κ3) is 7.79. The first-order valence-corrected chi connectivity index (χ1v) is 8.79. The van der Waals surface area contributed by atoms with Crippen LogP contribution in [0.1, 0.15) is 78.1 Å². The number of epoxide rings is 1. The Morgan fingerprint density at radius 3 is 2.59 bits per heavy atom. The number of rotatable bonds is 13. The molecule has 3 nitrogen and oxygen atoms in total. The highest BCUT2D eigenvalue weighted by Crippen LogP contribution is 2.32. The van der Waals surface area contributed by atoms with E-state index in [1.807, 2.05) is 0 Å². The molecule has 0 aliphatic carbocycles. The van der Waals surface area contributed by atoms with Gasteiger partial charge in [-0.2, -0.15) is 0 Å². The predicted molar refractivity (Wildman–Crippen MR) is 91.0 cm³/mol. The number of hydrogen-bond acceptors (Lipinski definition) is 2. The maximum Gasteiger partial charge on any atom is 0.333 e. The average Bonchev–Trinajstić information content (AvgIpc) is 3.25. The van der Waals surface area contributed by atoms with Gasteiger partial charge in [0.1, 0.15) is 6.10 Å². The van der Waals surface area contributed by atoms with Crippen LogP contribution in [0.3, 0.4) is 0 Å². The van der Waals surface area contributed by atoms with Gasteiger partial charge in [-0.3, -0.25) is 0 Å². The van der Waals surface area contributed by atoms with Gasteiger partial charge >= 0.3 is 5.97 Å². The second kappa shape index (κ2) is 10.6. The Balaban J connectivity index is 1.98. The Hall–Kier alpha value is -1.09. The highest BCUT2D eigenvalue weighted by Gasteiger charge is 2.42. The summed E-state index contributed by atoms with van der Waals surface area (Å²) in [5, 5.41) is 8.81. The number of carboxylic acids is 1. The van der Waals surface area contributed by atoms with E-state index in [0.29, 0.717) is 0 Å². The lowest BCUT2D eigenvalue weighted by Crippen LogP contribution is -2.07. The van der Waals surface area contributed by atoms with Crippen molar-refractivity contribution in [3.8, 4) is 0 Å². The van der Waals surface area contributed by atoms with Crippen molar-refractivity contribution >= 4 is 5.97 Å². The molecule has 0 saturated carbocycles. The molecule has 1 rings (SSSR count). The fourth-order valence-electron chi connectivity index (χ4n) is 2.74. The molecule has 1 N–H and O–H groups in total.